The van der Waals surface area contributed by atoms with Crippen LogP contribution in [0.3, 0.4) is 0 Å². The molecular formula is C10H9NO3S2. The highest BCUT2D eigenvalue weighted by atomic mass is 32.2. The van der Waals surface area contributed by atoms with Crippen LogP contribution in [-0.4, -0.2) is 21.5 Å². The first-order valence-corrected chi connectivity index (χ1v) is 6.67. The second kappa shape index (κ2) is 2.95. The number of amides is 1. The van der Waals surface area contributed by atoms with Crippen LogP contribution in [0.15, 0.2) is 9.31 Å². The van der Waals surface area contributed by atoms with E-state index in [1.54, 1.807) is 11.3 Å². The van der Waals surface area contributed by atoms with E-state index in [4.69, 9.17) is 4.42 Å². The van der Waals surface area contributed by atoms with Crippen molar-refractivity contribution in [2.24, 2.45) is 0 Å². The molecule has 1 aliphatic heterocycles. The molecule has 0 saturated carbocycles. The Labute approximate surface area is 98.4 Å². The highest BCUT2D eigenvalue weighted by Crippen LogP contribution is 2.41. The third-order valence-corrected chi connectivity index (χ3v) is 5.15. The van der Waals surface area contributed by atoms with Gasteiger partial charge >= 0.3 is 5.91 Å². The molecule has 1 unspecified atom stereocenters. The number of hydrogen-bond acceptors (Lipinski definition) is 4. The van der Waals surface area contributed by atoms with Gasteiger partial charge in [-0.25, -0.2) is 4.21 Å². The van der Waals surface area contributed by atoms with Crippen LogP contribution in [-0.2, 0) is 11.0 Å². The van der Waals surface area contributed by atoms with E-state index in [1.165, 1.54) is 11.4 Å². The third kappa shape index (κ3) is 0.985. The van der Waals surface area contributed by atoms with Crippen LogP contribution >= 0.6 is 11.3 Å². The van der Waals surface area contributed by atoms with Crippen LogP contribution < -0.4 is 0 Å². The second-order valence-corrected chi connectivity index (χ2v) is 6.61. The second-order valence-electron chi connectivity index (χ2n) is 3.73. The van der Waals surface area contributed by atoms with Crippen molar-refractivity contribution in [3.05, 3.63) is 15.5 Å². The smallest absolute Gasteiger partial charge is 0.302 e. The molecule has 3 rings (SSSR count). The third-order valence-electron chi connectivity index (χ3n) is 2.75. The van der Waals surface area contributed by atoms with Gasteiger partial charge in [-0.15, -0.1) is 11.3 Å². The number of furan rings is 1. The Bertz CT molecular complexity index is 653. The minimum absolute atomic E-state index is 0.241. The Kier molecular flexibility index (Phi) is 1.85. The fraction of sp³-hybridized carbons (Fsp3) is 0.300. The van der Waals surface area contributed by atoms with Gasteiger partial charge in [0.15, 0.2) is 11.0 Å². The van der Waals surface area contributed by atoms with Crippen LogP contribution in [0.5, 0.6) is 0 Å². The number of aryl methyl sites for hydroxylation is 2. The summed E-state index contributed by atoms with van der Waals surface area (Å²) < 4.78 is 18.8. The summed E-state index contributed by atoms with van der Waals surface area (Å²) in [5.74, 6) is -0.0573. The maximum atomic E-state index is 12.0. The lowest BCUT2D eigenvalue weighted by molar-refractivity contribution is 0.0868. The molecule has 0 fully saturated rings. The number of rotatable bonds is 0. The predicted octanol–water partition coefficient (Wildman–Crippen LogP) is 2.22. The molecule has 4 nitrogen and oxygen atoms in total. The molecular weight excluding hydrogens is 246 g/mol. The van der Waals surface area contributed by atoms with Crippen LogP contribution in [0, 0.1) is 13.8 Å². The van der Waals surface area contributed by atoms with Gasteiger partial charge in [0.2, 0.25) is 5.76 Å². The van der Waals surface area contributed by atoms with E-state index in [1.807, 2.05) is 13.8 Å². The van der Waals surface area contributed by atoms with Crippen LogP contribution in [0.1, 0.15) is 20.3 Å². The van der Waals surface area contributed by atoms with Gasteiger partial charge in [0.25, 0.3) is 0 Å². The minimum Gasteiger partial charge on any atom is -0.448 e. The molecule has 0 radical (unpaired) electrons. The number of nitrogens with zero attached hydrogens (tertiary/aromatic N) is 1. The molecule has 2 aromatic rings. The molecule has 0 aliphatic carbocycles. The van der Waals surface area contributed by atoms with Crippen molar-refractivity contribution in [1.82, 2.24) is 4.31 Å². The molecule has 6 heteroatoms. The number of carbonyl (C=O) groups is 1. The molecule has 0 spiro atoms. The highest BCUT2D eigenvalue weighted by Gasteiger charge is 2.39. The summed E-state index contributed by atoms with van der Waals surface area (Å²) in [6, 6.07) is 0. The molecule has 1 aliphatic rings. The fourth-order valence-electron chi connectivity index (χ4n) is 1.97. The quantitative estimate of drug-likeness (QED) is 0.725. The average Bonchev–Trinajstić information content (AvgIpc) is 2.80. The van der Waals surface area contributed by atoms with Crippen LogP contribution in [0.25, 0.3) is 11.0 Å². The summed E-state index contributed by atoms with van der Waals surface area (Å²) in [4.78, 5) is 14.4. The average molecular weight is 255 g/mol. The summed E-state index contributed by atoms with van der Waals surface area (Å²) in [6.07, 6.45) is 0. The number of fused-ring (bicyclic) bond motifs is 3. The van der Waals surface area contributed by atoms with Gasteiger partial charge < -0.3 is 4.42 Å². The van der Waals surface area contributed by atoms with E-state index < -0.39 is 11.0 Å². The van der Waals surface area contributed by atoms with E-state index in [2.05, 4.69) is 0 Å². The first kappa shape index (κ1) is 10.0. The minimum atomic E-state index is -1.42. The number of thiophene rings is 1. The zero-order valence-electron chi connectivity index (χ0n) is 8.99. The predicted molar refractivity (Wildman–Crippen MR) is 62.1 cm³/mol. The molecule has 1 amide bonds. The van der Waals surface area contributed by atoms with Crippen molar-refractivity contribution >= 4 is 39.2 Å². The standard InChI is InChI=1S/C10H9NO3S2/c1-4-6-7(5(2)15-4)14-8-9(6)16(13)11(3)10(8)12/h1-3H3. The Balaban J connectivity index is 2.47. The molecule has 1 atom stereocenters. The summed E-state index contributed by atoms with van der Waals surface area (Å²) in [6.45, 7) is 3.89. The topological polar surface area (TPSA) is 50.5 Å². The van der Waals surface area contributed by atoms with Crippen molar-refractivity contribution in [2.45, 2.75) is 18.7 Å². The summed E-state index contributed by atoms with van der Waals surface area (Å²) >= 11 is 1.60. The largest absolute Gasteiger partial charge is 0.448 e. The van der Waals surface area contributed by atoms with E-state index in [9.17, 15) is 9.00 Å². The molecule has 84 valence electrons. The number of carbonyl (C=O) groups excluding carboxylic acids is 1. The molecule has 0 saturated heterocycles. The van der Waals surface area contributed by atoms with Gasteiger partial charge in [0.05, 0.1) is 5.39 Å². The van der Waals surface area contributed by atoms with Gasteiger partial charge in [0, 0.05) is 16.8 Å². The van der Waals surface area contributed by atoms with E-state index in [0.29, 0.717) is 10.5 Å². The first-order valence-electron chi connectivity index (χ1n) is 4.74. The molecule has 3 heterocycles. The zero-order valence-corrected chi connectivity index (χ0v) is 10.6. The Morgan fingerprint density at radius 2 is 2.00 bits per heavy atom. The van der Waals surface area contributed by atoms with Crippen molar-refractivity contribution < 1.29 is 13.4 Å². The monoisotopic (exact) mass is 255 g/mol. The first-order chi connectivity index (χ1) is 7.52. The molecule has 0 bridgehead atoms. The van der Waals surface area contributed by atoms with E-state index >= 15 is 0 Å². The molecule has 16 heavy (non-hydrogen) atoms. The van der Waals surface area contributed by atoms with E-state index in [0.717, 1.165) is 15.1 Å². The van der Waals surface area contributed by atoms with Crippen molar-refractivity contribution in [1.29, 1.82) is 0 Å². The van der Waals surface area contributed by atoms with Crippen molar-refractivity contribution in [3.8, 4) is 0 Å². The Morgan fingerprint density at radius 1 is 1.31 bits per heavy atom. The van der Waals surface area contributed by atoms with Crippen molar-refractivity contribution in [2.75, 3.05) is 7.05 Å². The summed E-state index contributed by atoms with van der Waals surface area (Å²) in [5, 5.41) is 0.855. The van der Waals surface area contributed by atoms with Gasteiger partial charge in [-0.3, -0.25) is 9.10 Å². The summed E-state index contributed by atoms with van der Waals surface area (Å²) in [7, 11) is 0.106. The van der Waals surface area contributed by atoms with Gasteiger partial charge in [-0.2, -0.15) is 0 Å². The maximum absolute atomic E-state index is 12.0. The zero-order chi connectivity index (χ0) is 11.6. The Morgan fingerprint density at radius 3 is 2.69 bits per heavy atom. The van der Waals surface area contributed by atoms with E-state index in [-0.39, 0.29) is 11.7 Å². The number of hydrogen-bond donors (Lipinski definition) is 0. The Hall–Kier alpha value is -1.14. The van der Waals surface area contributed by atoms with Gasteiger partial charge in [-0.05, 0) is 13.8 Å². The lowest BCUT2D eigenvalue weighted by Crippen LogP contribution is -2.20. The lowest BCUT2D eigenvalue weighted by Gasteiger charge is -2.04. The SMILES string of the molecule is Cc1sc(C)c2c3c(oc12)C(=O)N(C)S3=O. The molecule has 0 aromatic carbocycles. The highest BCUT2D eigenvalue weighted by molar-refractivity contribution is 7.84. The molecule has 2 aromatic heterocycles. The van der Waals surface area contributed by atoms with Crippen LogP contribution in [0.4, 0.5) is 0 Å². The summed E-state index contributed by atoms with van der Waals surface area (Å²) in [5.41, 5.74) is 0.710. The van der Waals surface area contributed by atoms with Gasteiger partial charge in [0.1, 0.15) is 10.5 Å². The fourth-order valence-corrected chi connectivity index (χ4v) is 4.25. The maximum Gasteiger partial charge on any atom is 0.302 e. The van der Waals surface area contributed by atoms with Gasteiger partial charge in [-0.1, -0.05) is 0 Å². The van der Waals surface area contributed by atoms with Crippen LogP contribution in [0.2, 0.25) is 0 Å². The van der Waals surface area contributed by atoms with Crippen molar-refractivity contribution in [3.63, 3.8) is 0 Å². The lowest BCUT2D eigenvalue weighted by atomic mass is 10.3. The molecule has 0 N–H and O–H groups in total. The normalized spacial score (nSPS) is 19.8.